The molecule has 1 N–H and O–H groups in total. The summed E-state index contributed by atoms with van der Waals surface area (Å²) < 4.78 is 10.8. The largest absolute Gasteiger partial charge is 0.616 e. The van der Waals surface area contributed by atoms with Gasteiger partial charge in [0.25, 0.3) is 0 Å². The van der Waals surface area contributed by atoms with Gasteiger partial charge in [-0.3, -0.25) is 0 Å². The molecule has 2 atom stereocenters. The fourth-order valence-electron chi connectivity index (χ4n) is 1.18. The first-order valence-electron chi connectivity index (χ1n) is 3.32. The molecule has 0 aromatic rings. The Morgan fingerprint density at radius 1 is 1.78 bits per heavy atom. The van der Waals surface area contributed by atoms with E-state index in [1.807, 2.05) is 7.05 Å². The minimum absolute atomic E-state index is 0.494. The molecule has 3 heteroatoms. The summed E-state index contributed by atoms with van der Waals surface area (Å²) in [5.41, 5.74) is 0. The molecule has 1 aliphatic rings. The first-order chi connectivity index (χ1) is 4.33. The Bertz CT molecular complexity index is 87.1. The summed E-state index contributed by atoms with van der Waals surface area (Å²) in [6.45, 7) is 1.03. The second-order valence-electron chi connectivity index (χ2n) is 2.52. The third-order valence-electron chi connectivity index (χ3n) is 1.67. The van der Waals surface area contributed by atoms with Crippen LogP contribution in [0.3, 0.4) is 0 Å². The van der Waals surface area contributed by atoms with Gasteiger partial charge in [0, 0.05) is 18.9 Å². The molecule has 0 bridgehead atoms. The Labute approximate surface area is 59.2 Å². The molecular formula is C6H13NOS. The van der Waals surface area contributed by atoms with E-state index in [0.29, 0.717) is 5.92 Å². The van der Waals surface area contributed by atoms with Crippen LogP contribution in [0.5, 0.6) is 0 Å². The molecule has 0 radical (unpaired) electrons. The summed E-state index contributed by atoms with van der Waals surface area (Å²) in [6, 6.07) is 0. The van der Waals surface area contributed by atoms with Crippen molar-refractivity contribution in [3.63, 3.8) is 0 Å². The van der Waals surface area contributed by atoms with E-state index in [2.05, 4.69) is 5.32 Å². The molecule has 2 nitrogen and oxygen atoms in total. The lowest BCUT2D eigenvalue weighted by Crippen LogP contribution is -2.19. The molecule has 0 spiro atoms. The van der Waals surface area contributed by atoms with Crippen molar-refractivity contribution in [3.8, 4) is 0 Å². The lowest BCUT2D eigenvalue weighted by atomic mass is 10.1. The Hall–Kier alpha value is 0.270. The van der Waals surface area contributed by atoms with Gasteiger partial charge < -0.3 is 9.87 Å². The van der Waals surface area contributed by atoms with Crippen LogP contribution in [-0.2, 0) is 11.2 Å². The van der Waals surface area contributed by atoms with Gasteiger partial charge in [-0.05, 0) is 7.05 Å². The average molecular weight is 147 g/mol. The molecule has 0 aliphatic carbocycles. The van der Waals surface area contributed by atoms with Gasteiger partial charge in [0.1, 0.15) is 11.5 Å². The van der Waals surface area contributed by atoms with Crippen molar-refractivity contribution >= 4 is 11.2 Å². The van der Waals surface area contributed by atoms with E-state index in [1.54, 1.807) is 0 Å². The average Bonchev–Trinajstić information content (AvgIpc) is 2.17. The van der Waals surface area contributed by atoms with Crippen LogP contribution in [0.4, 0.5) is 0 Å². The van der Waals surface area contributed by atoms with Crippen molar-refractivity contribution in [2.24, 2.45) is 5.92 Å². The van der Waals surface area contributed by atoms with Gasteiger partial charge in [0.15, 0.2) is 0 Å². The van der Waals surface area contributed by atoms with Gasteiger partial charge in [0.2, 0.25) is 0 Å². The summed E-state index contributed by atoms with van der Waals surface area (Å²) in [5.74, 6) is 2.52. The van der Waals surface area contributed by atoms with Crippen LogP contribution >= 0.6 is 0 Å². The van der Waals surface area contributed by atoms with Crippen molar-refractivity contribution < 1.29 is 4.55 Å². The van der Waals surface area contributed by atoms with E-state index in [1.165, 1.54) is 0 Å². The maximum absolute atomic E-state index is 10.8. The highest BCUT2D eigenvalue weighted by Crippen LogP contribution is 2.16. The maximum atomic E-state index is 10.8. The Morgan fingerprint density at radius 2 is 2.56 bits per heavy atom. The minimum Gasteiger partial charge on any atom is -0.616 e. The lowest BCUT2D eigenvalue weighted by Gasteiger charge is -2.04. The zero-order chi connectivity index (χ0) is 6.69. The van der Waals surface area contributed by atoms with Crippen LogP contribution in [0.2, 0.25) is 0 Å². The Kier molecular flexibility index (Phi) is 2.82. The van der Waals surface area contributed by atoms with Crippen molar-refractivity contribution in [2.45, 2.75) is 6.42 Å². The highest BCUT2D eigenvalue weighted by Gasteiger charge is 2.24. The van der Waals surface area contributed by atoms with Crippen molar-refractivity contribution in [1.29, 1.82) is 0 Å². The van der Waals surface area contributed by atoms with Crippen molar-refractivity contribution in [3.05, 3.63) is 0 Å². The predicted molar refractivity (Wildman–Crippen MR) is 39.9 cm³/mol. The van der Waals surface area contributed by atoms with Crippen LogP contribution in [0.25, 0.3) is 0 Å². The molecule has 2 unspecified atom stereocenters. The summed E-state index contributed by atoms with van der Waals surface area (Å²) in [4.78, 5) is 0. The summed E-state index contributed by atoms with van der Waals surface area (Å²) in [6.07, 6.45) is 1.15. The molecule has 1 rings (SSSR count). The van der Waals surface area contributed by atoms with Crippen LogP contribution in [0.1, 0.15) is 6.42 Å². The van der Waals surface area contributed by atoms with E-state index in [-0.39, 0.29) is 0 Å². The SMILES string of the molecule is CNCC1CC[S+]([O-])C1. The predicted octanol–water partition coefficient (Wildman–Crippen LogP) is -0.0256. The summed E-state index contributed by atoms with van der Waals surface area (Å²) in [7, 11) is 1.95. The number of nitrogens with one attached hydrogen (secondary N) is 1. The van der Waals surface area contributed by atoms with Crippen LogP contribution in [0, 0.1) is 5.92 Å². The molecule has 0 amide bonds. The van der Waals surface area contributed by atoms with Crippen molar-refractivity contribution in [1.82, 2.24) is 5.32 Å². The standard InChI is InChI=1S/C6H13NOS/c1-7-4-6-2-3-9(8)5-6/h6-7H,2-5H2,1H3. The topological polar surface area (TPSA) is 35.1 Å². The summed E-state index contributed by atoms with van der Waals surface area (Å²) >= 11 is -0.494. The van der Waals surface area contributed by atoms with Crippen molar-refractivity contribution in [2.75, 3.05) is 25.1 Å². The van der Waals surface area contributed by atoms with Crippen LogP contribution in [0.15, 0.2) is 0 Å². The van der Waals surface area contributed by atoms with Gasteiger partial charge in [-0.15, -0.1) is 0 Å². The highest BCUT2D eigenvalue weighted by molar-refractivity contribution is 7.91. The molecule has 1 heterocycles. The van der Waals surface area contributed by atoms with E-state index in [4.69, 9.17) is 0 Å². The zero-order valence-corrected chi connectivity index (χ0v) is 6.54. The molecule has 0 aromatic carbocycles. The second-order valence-corrected chi connectivity index (χ2v) is 4.14. The smallest absolute Gasteiger partial charge is 0.109 e. The van der Waals surface area contributed by atoms with E-state index < -0.39 is 11.2 Å². The maximum Gasteiger partial charge on any atom is 0.109 e. The number of hydrogen-bond donors (Lipinski definition) is 1. The monoisotopic (exact) mass is 147 g/mol. The van der Waals surface area contributed by atoms with Gasteiger partial charge in [0.05, 0.1) is 0 Å². The van der Waals surface area contributed by atoms with E-state index >= 15 is 0 Å². The lowest BCUT2D eigenvalue weighted by molar-refractivity contribution is 0.552. The quantitative estimate of drug-likeness (QED) is 0.557. The Morgan fingerprint density at radius 3 is 3.00 bits per heavy atom. The minimum atomic E-state index is -0.494. The van der Waals surface area contributed by atoms with Gasteiger partial charge in [-0.25, -0.2) is 0 Å². The number of hydrogen-bond acceptors (Lipinski definition) is 2. The Balaban J connectivity index is 2.14. The van der Waals surface area contributed by atoms with Gasteiger partial charge in [-0.1, -0.05) is 11.2 Å². The van der Waals surface area contributed by atoms with Crippen LogP contribution in [-0.4, -0.2) is 29.7 Å². The van der Waals surface area contributed by atoms with Gasteiger partial charge in [-0.2, -0.15) is 0 Å². The summed E-state index contributed by atoms with van der Waals surface area (Å²) in [5, 5.41) is 3.10. The first-order valence-corrected chi connectivity index (χ1v) is 4.81. The zero-order valence-electron chi connectivity index (χ0n) is 5.72. The highest BCUT2D eigenvalue weighted by atomic mass is 32.2. The second kappa shape index (κ2) is 3.44. The molecule has 0 saturated carbocycles. The molecule has 1 saturated heterocycles. The van der Waals surface area contributed by atoms with Gasteiger partial charge >= 0.3 is 0 Å². The third kappa shape index (κ3) is 2.16. The molecule has 0 aromatic heterocycles. The molecular weight excluding hydrogens is 134 g/mol. The molecule has 9 heavy (non-hydrogen) atoms. The van der Waals surface area contributed by atoms with E-state index in [9.17, 15) is 4.55 Å². The molecule has 54 valence electrons. The first kappa shape index (κ1) is 7.38. The third-order valence-corrected chi connectivity index (χ3v) is 3.20. The van der Waals surface area contributed by atoms with E-state index in [0.717, 1.165) is 24.5 Å². The normalized spacial score (nSPS) is 35.3. The molecule has 1 fully saturated rings. The van der Waals surface area contributed by atoms with Crippen LogP contribution < -0.4 is 5.32 Å². The molecule has 1 aliphatic heterocycles. The fourth-order valence-corrected chi connectivity index (χ4v) is 2.75. The fraction of sp³-hybridized carbons (Fsp3) is 1.00. The number of rotatable bonds is 2.